The van der Waals surface area contributed by atoms with Crippen LogP contribution in [-0.2, 0) is 11.3 Å². The normalized spacial score (nSPS) is 15.4. The van der Waals surface area contributed by atoms with Crippen LogP contribution < -0.4 is 10.2 Å². The number of carbonyl (C=O) groups excluding carboxylic acids is 1. The molecule has 6 nitrogen and oxygen atoms in total. The zero-order chi connectivity index (χ0) is 21.2. The lowest BCUT2D eigenvalue weighted by Crippen LogP contribution is -2.48. The highest BCUT2D eigenvalue weighted by Gasteiger charge is 2.19. The first-order valence-corrected chi connectivity index (χ1v) is 10.7. The Hall–Kier alpha value is -2.41. The summed E-state index contributed by atoms with van der Waals surface area (Å²) in [6.07, 6.45) is 2.62. The average molecular weight is 429 g/mol. The molecule has 1 aliphatic heterocycles. The number of carbonyl (C=O) groups is 1. The average Bonchev–Trinajstić information content (AvgIpc) is 2.76. The van der Waals surface area contributed by atoms with Crippen LogP contribution >= 0.6 is 11.6 Å². The van der Waals surface area contributed by atoms with Crippen molar-refractivity contribution in [3.05, 3.63) is 64.7 Å². The van der Waals surface area contributed by atoms with Gasteiger partial charge in [0.2, 0.25) is 0 Å². The third-order valence-corrected chi connectivity index (χ3v) is 5.31. The number of hydrogen-bond acceptors (Lipinski definition) is 5. The van der Waals surface area contributed by atoms with Gasteiger partial charge in [0.15, 0.2) is 0 Å². The van der Waals surface area contributed by atoms with Crippen molar-refractivity contribution in [1.29, 1.82) is 0 Å². The number of ether oxygens (including phenoxy) is 1. The summed E-state index contributed by atoms with van der Waals surface area (Å²) in [5.41, 5.74) is 4.67. The molecule has 1 saturated heterocycles. The lowest BCUT2D eigenvalue weighted by atomic mass is 10.2. The molecule has 7 heteroatoms. The predicted octanol–water partition coefficient (Wildman–Crippen LogP) is 3.40. The molecule has 0 aliphatic carbocycles. The van der Waals surface area contributed by atoms with E-state index in [2.05, 4.69) is 33.3 Å². The molecule has 1 aliphatic rings. The Morgan fingerprint density at radius 1 is 1.10 bits per heavy atom. The lowest BCUT2D eigenvalue weighted by molar-refractivity contribution is -0.122. The highest BCUT2D eigenvalue weighted by Crippen LogP contribution is 2.17. The van der Waals surface area contributed by atoms with Crippen LogP contribution in [0.5, 0.6) is 5.75 Å². The SMILES string of the molecule is CCCOc1ccc(/C=N\NC(=O)CN2CCN(Cc3ccccc3Cl)CC2)cc1. The largest absolute Gasteiger partial charge is 0.494 e. The van der Waals surface area contributed by atoms with Gasteiger partial charge in [0.05, 0.1) is 19.4 Å². The third kappa shape index (κ3) is 7.13. The van der Waals surface area contributed by atoms with E-state index >= 15 is 0 Å². The van der Waals surface area contributed by atoms with Gasteiger partial charge in [-0.15, -0.1) is 0 Å². The standard InChI is InChI=1S/C23H29ClN4O2/c1-2-15-30-21-9-7-19(8-10-21)16-25-26-23(29)18-28-13-11-27(12-14-28)17-20-5-3-4-6-22(20)24/h3-10,16H,2,11-15,17-18H2,1H3,(H,26,29)/b25-16-. The molecule has 0 radical (unpaired) electrons. The maximum Gasteiger partial charge on any atom is 0.254 e. The molecule has 0 spiro atoms. The Morgan fingerprint density at radius 3 is 2.50 bits per heavy atom. The Balaban J connectivity index is 1.36. The fourth-order valence-electron chi connectivity index (χ4n) is 3.26. The first-order chi connectivity index (χ1) is 14.6. The number of benzene rings is 2. The molecular formula is C23H29ClN4O2. The summed E-state index contributed by atoms with van der Waals surface area (Å²) < 4.78 is 5.55. The second-order valence-corrected chi connectivity index (χ2v) is 7.76. The first-order valence-electron chi connectivity index (χ1n) is 10.4. The number of halogens is 1. The molecule has 1 heterocycles. The van der Waals surface area contributed by atoms with Crippen LogP contribution in [0.2, 0.25) is 5.02 Å². The second kappa shape index (κ2) is 11.7. The topological polar surface area (TPSA) is 57.2 Å². The van der Waals surface area contributed by atoms with Crippen LogP contribution in [-0.4, -0.2) is 61.3 Å². The molecule has 0 aromatic heterocycles. The van der Waals surface area contributed by atoms with E-state index in [0.29, 0.717) is 13.2 Å². The zero-order valence-corrected chi connectivity index (χ0v) is 18.1. The molecule has 3 rings (SSSR count). The van der Waals surface area contributed by atoms with Gasteiger partial charge in [0.25, 0.3) is 5.91 Å². The first kappa shape index (κ1) is 22.3. The molecular weight excluding hydrogens is 400 g/mol. The lowest BCUT2D eigenvalue weighted by Gasteiger charge is -2.34. The number of piperazine rings is 1. The van der Waals surface area contributed by atoms with Crippen molar-refractivity contribution in [2.75, 3.05) is 39.3 Å². The number of hydrogen-bond donors (Lipinski definition) is 1. The van der Waals surface area contributed by atoms with Gasteiger partial charge in [-0.3, -0.25) is 14.6 Å². The van der Waals surface area contributed by atoms with Crippen LogP contribution in [0, 0.1) is 0 Å². The van der Waals surface area contributed by atoms with E-state index in [0.717, 1.165) is 61.0 Å². The number of nitrogens with one attached hydrogen (secondary N) is 1. The van der Waals surface area contributed by atoms with Crippen molar-refractivity contribution < 1.29 is 9.53 Å². The quantitative estimate of drug-likeness (QED) is 0.491. The molecule has 1 amide bonds. The highest BCUT2D eigenvalue weighted by atomic mass is 35.5. The predicted molar refractivity (Wildman–Crippen MR) is 121 cm³/mol. The smallest absolute Gasteiger partial charge is 0.254 e. The molecule has 2 aromatic rings. The van der Waals surface area contributed by atoms with Crippen molar-refractivity contribution in [1.82, 2.24) is 15.2 Å². The molecule has 0 saturated carbocycles. The summed E-state index contributed by atoms with van der Waals surface area (Å²) in [6, 6.07) is 15.6. The molecule has 2 aromatic carbocycles. The summed E-state index contributed by atoms with van der Waals surface area (Å²) in [7, 11) is 0. The molecule has 30 heavy (non-hydrogen) atoms. The van der Waals surface area contributed by atoms with Crippen molar-refractivity contribution in [2.45, 2.75) is 19.9 Å². The van der Waals surface area contributed by atoms with Gasteiger partial charge >= 0.3 is 0 Å². The highest BCUT2D eigenvalue weighted by molar-refractivity contribution is 6.31. The van der Waals surface area contributed by atoms with Gasteiger partial charge in [0, 0.05) is 37.7 Å². The van der Waals surface area contributed by atoms with E-state index in [9.17, 15) is 4.79 Å². The summed E-state index contributed by atoms with van der Waals surface area (Å²) in [4.78, 5) is 16.7. The Bertz CT molecular complexity index is 833. The molecule has 1 N–H and O–H groups in total. The molecule has 160 valence electrons. The molecule has 0 atom stereocenters. The van der Waals surface area contributed by atoms with Crippen molar-refractivity contribution in [3.63, 3.8) is 0 Å². The van der Waals surface area contributed by atoms with Gasteiger partial charge in [-0.25, -0.2) is 5.43 Å². The minimum absolute atomic E-state index is 0.103. The summed E-state index contributed by atoms with van der Waals surface area (Å²) >= 11 is 6.25. The minimum Gasteiger partial charge on any atom is -0.494 e. The zero-order valence-electron chi connectivity index (χ0n) is 17.4. The summed E-state index contributed by atoms with van der Waals surface area (Å²) in [5, 5.41) is 4.87. The van der Waals surface area contributed by atoms with Crippen LogP contribution in [0.15, 0.2) is 53.6 Å². The Morgan fingerprint density at radius 2 is 1.80 bits per heavy atom. The third-order valence-electron chi connectivity index (χ3n) is 4.94. The van der Waals surface area contributed by atoms with Gasteiger partial charge in [-0.05, 0) is 47.9 Å². The van der Waals surface area contributed by atoms with Crippen molar-refractivity contribution >= 4 is 23.7 Å². The number of amides is 1. The monoisotopic (exact) mass is 428 g/mol. The van der Waals surface area contributed by atoms with E-state index in [4.69, 9.17) is 16.3 Å². The molecule has 0 bridgehead atoms. The van der Waals surface area contributed by atoms with E-state index < -0.39 is 0 Å². The maximum atomic E-state index is 12.2. The van der Waals surface area contributed by atoms with Crippen molar-refractivity contribution in [3.8, 4) is 5.75 Å². The van der Waals surface area contributed by atoms with E-state index in [1.165, 1.54) is 0 Å². The van der Waals surface area contributed by atoms with Crippen LogP contribution in [0.1, 0.15) is 24.5 Å². The van der Waals surface area contributed by atoms with E-state index in [1.807, 2.05) is 42.5 Å². The van der Waals surface area contributed by atoms with Gasteiger partial charge in [-0.1, -0.05) is 36.7 Å². The van der Waals surface area contributed by atoms with Crippen LogP contribution in [0.3, 0.4) is 0 Å². The van der Waals surface area contributed by atoms with Gasteiger partial charge in [-0.2, -0.15) is 5.10 Å². The van der Waals surface area contributed by atoms with E-state index in [1.54, 1.807) is 6.21 Å². The maximum absolute atomic E-state index is 12.2. The Kier molecular flexibility index (Phi) is 8.68. The van der Waals surface area contributed by atoms with Crippen LogP contribution in [0.4, 0.5) is 0 Å². The number of rotatable bonds is 9. The molecule has 0 unspecified atom stereocenters. The fourth-order valence-corrected chi connectivity index (χ4v) is 3.46. The summed E-state index contributed by atoms with van der Waals surface area (Å²) in [5.74, 6) is 0.736. The van der Waals surface area contributed by atoms with Crippen LogP contribution in [0.25, 0.3) is 0 Å². The van der Waals surface area contributed by atoms with Gasteiger partial charge < -0.3 is 4.74 Å². The second-order valence-electron chi connectivity index (χ2n) is 7.35. The summed E-state index contributed by atoms with van der Waals surface area (Å²) in [6.45, 7) is 7.49. The number of hydrazone groups is 1. The Labute approximate surface area is 183 Å². The van der Waals surface area contributed by atoms with Gasteiger partial charge in [0.1, 0.15) is 5.75 Å². The van der Waals surface area contributed by atoms with E-state index in [-0.39, 0.29) is 5.91 Å². The van der Waals surface area contributed by atoms with Crippen molar-refractivity contribution in [2.24, 2.45) is 5.10 Å². The minimum atomic E-state index is -0.103. The molecule has 1 fully saturated rings. The number of nitrogens with zero attached hydrogens (tertiary/aromatic N) is 3. The fraction of sp³-hybridized carbons (Fsp3) is 0.391.